The quantitative estimate of drug-likeness (QED) is 0.329. The van der Waals surface area contributed by atoms with E-state index in [-0.39, 0.29) is 19.2 Å². The van der Waals surface area contributed by atoms with Crippen molar-refractivity contribution in [1.29, 1.82) is 0 Å². The number of carbonyl (C=O) groups excluding carboxylic acids is 1. The first-order chi connectivity index (χ1) is 18.0. The highest BCUT2D eigenvalue weighted by atomic mass is 16.7. The molecule has 1 aliphatic heterocycles. The second-order valence-corrected chi connectivity index (χ2v) is 7.89. The first-order valence-corrected chi connectivity index (χ1v) is 11.2. The van der Waals surface area contributed by atoms with Crippen molar-refractivity contribution >= 4 is 12.1 Å². The van der Waals surface area contributed by atoms with Gasteiger partial charge in [0.2, 0.25) is 18.5 Å². The average molecular weight is 502 g/mol. The van der Waals surface area contributed by atoms with Gasteiger partial charge in [-0.2, -0.15) is 5.21 Å². The summed E-state index contributed by atoms with van der Waals surface area (Å²) in [5.74, 6) is 2.98. The minimum Gasteiger partial charge on any atom is -0.497 e. The summed E-state index contributed by atoms with van der Waals surface area (Å²) in [4.78, 5) is 15.9. The molecule has 0 spiro atoms. The van der Waals surface area contributed by atoms with Crippen LogP contribution in [-0.2, 0) is 0 Å². The molecule has 2 amide bonds. The van der Waals surface area contributed by atoms with Gasteiger partial charge >= 0.3 is 6.03 Å². The Morgan fingerprint density at radius 2 is 1.92 bits per heavy atom. The van der Waals surface area contributed by atoms with E-state index in [0.29, 0.717) is 40.1 Å². The molecule has 0 saturated heterocycles. The Labute approximate surface area is 211 Å². The van der Waals surface area contributed by atoms with E-state index in [2.05, 4.69) is 25.9 Å². The third-order valence-electron chi connectivity index (χ3n) is 5.58. The second-order valence-electron chi connectivity index (χ2n) is 7.89. The molecule has 37 heavy (non-hydrogen) atoms. The first-order valence-electron chi connectivity index (χ1n) is 11.2. The number of aromatic nitrogens is 5. The number of hydrogen-bond acceptors (Lipinski definition) is 9. The van der Waals surface area contributed by atoms with Crippen LogP contribution in [0.25, 0.3) is 28.6 Å². The molecule has 0 fully saturated rings. The highest BCUT2D eigenvalue weighted by molar-refractivity contribution is 5.91. The van der Waals surface area contributed by atoms with Gasteiger partial charge in [-0.3, -0.25) is 0 Å². The summed E-state index contributed by atoms with van der Waals surface area (Å²) >= 11 is 0. The van der Waals surface area contributed by atoms with Crippen molar-refractivity contribution in [2.75, 3.05) is 20.4 Å². The van der Waals surface area contributed by atoms with E-state index in [1.165, 1.54) is 0 Å². The molecule has 0 unspecified atom stereocenters. The molecule has 5 rings (SSSR count). The number of nitrogens with zero attached hydrogens (tertiary/aromatic N) is 4. The monoisotopic (exact) mass is 501 g/mol. The third-order valence-corrected chi connectivity index (χ3v) is 5.58. The predicted molar refractivity (Wildman–Crippen MR) is 133 cm³/mol. The number of urea groups is 1. The van der Waals surface area contributed by atoms with E-state index in [1.54, 1.807) is 31.4 Å². The highest BCUT2D eigenvalue weighted by Gasteiger charge is 2.25. The van der Waals surface area contributed by atoms with Crippen LogP contribution in [0, 0.1) is 6.92 Å². The Balaban J connectivity index is 1.68. The average Bonchev–Trinajstić information content (AvgIpc) is 3.59. The van der Waals surface area contributed by atoms with Crippen LogP contribution in [0.3, 0.4) is 0 Å². The molecule has 0 saturated carbocycles. The lowest BCUT2D eigenvalue weighted by molar-refractivity contribution is 0.174. The maximum atomic E-state index is 11.1. The molecule has 12 heteroatoms. The number of aryl methyl sites for hydroxylation is 1. The van der Waals surface area contributed by atoms with Crippen molar-refractivity contribution in [3.63, 3.8) is 0 Å². The van der Waals surface area contributed by atoms with Gasteiger partial charge in [0, 0.05) is 29.4 Å². The van der Waals surface area contributed by atoms with Gasteiger partial charge in [-0.15, -0.1) is 10.2 Å². The van der Waals surface area contributed by atoms with Crippen molar-refractivity contribution in [3.8, 4) is 51.4 Å². The number of tetrazole rings is 1. The van der Waals surface area contributed by atoms with Crippen molar-refractivity contribution in [2.24, 2.45) is 5.73 Å². The molecule has 1 aliphatic rings. The highest BCUT2D eigenvalue weighted by Crippen LogP contribution is 2.43. The fourth-order valence-corrected chi connectivity index (χ4v) is 3.89. The molecule has 2 aromatic carbocycles. The fourth-order valence-electron chi connectivity index (χ4n) is 3.89. The second kappa shape index (κ2) is 10.2. The number of ether oxygens (including phenoxy) is 4. The largest absolute Gasteiger partial charge is 0.497 e. The van der Waals surface area contributed by atoms with Gasteiger partial charge in [0.25, 0.3) is 0 Å². The SMILES string of the molecule is COc1ccc(-c2c(C=CCNC(N)=O)c(C)nc(Oc3ccc4c(c3)OCO4)c2-c2nn[nH]n2)cc1. The van der Waals surface area contributed by atoms with Crippen LogP contribution in [0.15, 0.2) is 48.5 Å². The predicted octanol–water partition coefficient (Wildman–Crippen LogP) is 3.45. The molecule has 12 nitrogen and oxygen atoms in total. The molecule has 0 radical (unpaired) electrons. The molecule has 0 aliphatic carbocycles. The summed E-state index contributed by atoms with van der Waals surface area (Å²) in [5, 5.41) is 17.2. The standard InChI is InChI=1S/C25H23N7O5/c1-14-18(4-3-11-27-25(26)33)21(15-5-7-16(34-2)8-6-15)22(23-29-31-32-30-23)24(28-14)37-17-9-10-19-20(12-17)36-13-35-19/h3-10,12H,11,13H2,1-2H3,(H3,26,27,33)(H,29,30,31,32). The van der Waals surface area contributed by atoms with Gasteiger partial charge in [-0.1, -0.05) is 24.3 Å². The number of amides is 2. The van der Waals surface area contributed by atoms with E-state index >= 15 is 0 Å². The topological polar surface area (TPSA) is 159 Å². The summed E-state index contributed by atoms with van der Waals surface area (Å²) in [6.07, 6.45) is 3.63. The van der Waals surface area contributed by atoms with Gasteiger partial charge in [0.15, 0.2) is 11.5 Å². The summed E-state index contributed by atoms with van der Waals surface area (Å²) in [5.41, 5.74) is 8.75. The van der Waals surface area contributed by atoms with Gasteiger partial charge < -0.3 is 30.0 Å². The summed E-state index contributed by atoms with van der Waals surface area (Å²) < 4.78 is 22.5. The zero-order valence-corrected chi connectivity index (χ0v) is 20.0. The number of pyridine rings is 1. The van der Waals surface area contributed by atoms with E-state index < -0.39 is 6.03 Å². The zero-order chi connectivity index (χ0) is 25.8. The molecule has 4 N–H and O–H groups in total. The normalized spacial score (nSPS) is 12.1. The molecular formula is C25H23N7O5. The molecular weight excluding hydrogens is 478 g/mol. The number of fused-ring (bicyclic) bond motifs is 1. The molecule has 0 bridgehead atoms. The van der Waals surface area contributed by atoms with Crippen molar-refractivity contribution in [3.05, 3.63) is 59.8 Å². The van der Waals surface area contributed by atoms with Crippen molar-refractivity contribution in [1.82, 2.24) is 30.9 Å². The Kier molecular flexibility index (Phi) is 6.53. The van der Waals surface area contributed by atoms with E-state index in [9.17, 15) is 4.79 Å². The minimum atomic E-state index is -0.616. The van der Waals surface area contributed by atoms with Gasteiger partial charge in [-0.25, -0.2) is 9.78 Å². The van der Waals surface area contributed by atoms with Crippen LogP contribution in [0.4, 0.5) is 4.79 Å². The number of benzene rings is 2. The Bertz CT molecular complexity index is 1450. The van der Waals surface area contributed by atoms with Crippen molar-refractivity contribution < 1.29 is 23.7 Å². The lowest BCUT2D eigenvalue weighted by Crippen LogP contribution is -2.29. The zero-order valence-electron chi connectivity index (χ0n) is 20.0. The fraction of sp³-hybridized carbons (Fsp3) is 0.160. The number of H-pyrrole nitrogens is 1. The van der Waals surface area contributed by atoms with E-state index in [0.717, 1.165) is 16.7 Å². The van der Waals surface area contributed by atoms with Crippen LogP contribution in [-0.4, -0.2) is 52.1 Å². The number of nitrogens with one attached hydrogen (secondary N) is 2. The third kappa shape index (κ3) is 4.98. The Morgan fingerprint density at radius 3 is 2.65 bits per heavy atom. The number of methoxy groups -OCH3 is 1. The van der Waals surface area contributed by atoms with E-state index in [4.69, 9.17) is 29.7 Å². The molecule has 0 atom stereocenters. The molecule has 3 heterocycles. The summed E-state index contributed by atoms with van der Waals surface area (Å²) in [6, 6.07) is 12.2. The molecule has 188 valence electrons. The number of nitrogens with two attached hydrogens (primary N) is 1. The van der Waals surface area contributed by atoms with Gasteiger partial charge in [0.1, 0.15) is 11.5 Å². The Hall–Kier alpha value is -5.13. The summed E-state index contributed by atoms with van der Waals surface area (Å²) in [7, 11) is 1.60. The van der Waals surface area contributed by atoms with Crippen molar-refractivity contribution in [2.45, 2.75) is 6.92 Å². The van der Waals surface area contributed by atoms with Crippen LogP contribution in [0.2, 0.25) is 0 Å². The lowest BCUT2D eigenvalue weighted by Gasteiger charge is -2.18. The lowest BCUT2D eigenvalue weighted by atomic mass is 9.93. The maximum absolute atomic E-state index is 11.1. The smallest absolute Gasteiger partial charge is 0.312 e. The Morgan fingerprint density at radius 1 is 1.14 bits per heavy atom. The van der Waals surface area contributed by atoms with E-state index in [1.807, 2.05) is 37.3 Å². The first kappa shape index (κ1) is 23.6. The number of hydrogen-bond donors (Lipinski definition) is 3. The van der Waals surface area contributed by atoms with Gasteiger partial charge in [-0.05, 0) is 42.0 Å². The van der Waals surface area contributed by atoms with Crippen LogP contribution in [0.1, 0.15) is 11.3 Å². The van der Waals surface area contributed by atoms with Crippen LogP contribution < -0.4 is 30.0 Å². The number of rotatable bonds is 8. The summed E-state index contributed by atoms with van der Waals surface area (Å²) in [6.45, 7) is 2.25. The molecule has 4 aromatic rings. The minimum absolute atomic E-state index is 0.150. The number of carbonyl (C=O) groups is 1. The van der Waals surface area contributed by atoms with Crippen LogP contribution in [0.5, 0.6) is 28.9 Å². The number of aromatic amines is 1. The number of primary amides is 1. The maximum Gasteiger partial charge on any atom is 0.312 e. The van der Waals surface area contributed by atoms with Crippen LogP contribution >= 0.6 is 0 Å². The molecule has 2 aromatic heterocycles. The van der Waals surface area contributed by atoms with Gasteiger partial charge in [0.05, 0.1) is 12.7 Å².